The Bertz CT molecular complexity index is 1440. The van der Waals surface area contributed by atoms with Crippen LogP contribution in [0.2, 0.25) is 0 Å². The zero-order chi connectivity index (χ0) is 27.3. The third-order valence-electron chi connectivity index (χ3n) is 6.96. The monoisotopic (exact) mass is 642 g/mol. The van der Waals surface area contributed by atoms with Crippen molar-refractivity contribution < 1.29 is 49.0 Å². The molecule has 0 radical (unpaired) electrons. The van der Waals surface area contributed by atoms with Gasteiger partial charge in [0.1, 0.15) is 0 Å². The molecule has 0 unspecified atom stereocenters. The van der Waals surface area contributed by atoms with Gasteiger partial charge in [0.25, 0.3) is 0 Å². The molecule has 0 spiro atoms. The summed E-state index contributed by atoms with van der Waals surface area (Å²) in [5.74, 6) is 0. The molecule has 5 aromatic rings. The van der Waals surface area contributed by atoms with Crippen molar-refractivity contribution in [2.75, 3.05) is 0 Å². The van der Waals surface area contributed by atoms with Crippen LogP contribution in [-0.2, 0) is 41.5 Å². The molecule has 0 aromatic heterocycles. The van der Waals surface area contributed by atoms with Gasteiger partial charge < -0.3 is 24.8 Å². The molecule has 206 valence electrons. The van der Waals surface area contributed by atoms with Gasteiger partial charge in [-0.25, -0.2) is 12.1 Å². The molecule has 0 nitrogen and oxygen atoms in total. The van der Waals surface area contributed by atoms with Gasteiger partial charge in [0, 0.05) is 0 Å². The van der Waals surface area contributed by atoms with Crippen molar-refractivity contribution in [3.05, 3.63) is 137 Å². The molecule has 3 heteroatoms. The average Bonchev–Trinajstić information content (AvgIpc) is 3.59. The van der Waals surface area contributed by atoms with Crippen LogP contribution in [0.1, 0.15) is 69.4 Å². The van der Waals surface area contributed by atoms with Crippen molar-refractivity contribution in [3.63, 3.8) is 0 Å². The number of benzene rings is 4. The summed E-state index contributed by atoms with van der Waals surface area (Å²) in [4.78, 5) is 0. The summed E-state index contributed by atoms with van der Waals surface area (Å²) in [5, 5.41) is 2.65. The van der Waals surface area contributed by atoms with Gasteiger partial charge in [-0.15, -0.1) is 11.1 Å². The molecule has 0 heterocycles. The van der Waals surface area contributed by atoms with E-state index in [-0.39, 0.29) is 35.6 Å². The van der Waals surface area contributed by atoms with Gasteiger partial charge in [-0.05, 0) is 28.4 Å². The molecule has 6 rings (SSSR count). The first-order chi connectivity index (χ1) is 18.1. The number of halogens is 2. The summed E-state index contributed by atoms with van der Waals surface area (Å²) in [5.41, 5.74) is 10.0. The number of hydrogen-bond donors (Lipinski definition) is 0. The van der Waals surface area contributed by atoms with Gasteiger partial charge in [0.2, 0.25) is 0 Å². The van der Waals surface area contributed by atoms with Crippen LogP contribution in [0.5, 0.6) is 0 Å². The zero-order valence-electron chi connectivity index (χ0n) is 24.4. The van der Waals surface area contributed by atoms with Crippen LogP contribution in [0, 0.1) is 6.07 Å². The minimum atomic E-state index is 0. The molecule has 1 aliphatic carbocycles. The molecule has 0 N–H and O–H groups in total. The Labute approximate surface area is 268 Å². The van der Waals surface area contributed by atoms with E-state index in [4.69, 9.17) is 0 Å². The van der Waals surface area contributed by atoms with E-state index in [0.29, 0.717) is 0 Å². The van der Waals surface area contributed by atoms with E-state index in [1.54, 1.807) is 0 Å². The minimum absolute atomic E-state index is 0. The van der Waals surface area contributed by atoms with Crippen molar-refractivity contribution in [2.45, 2.75) is 58.8 Å². The Morgan fingerprint density at radius 2 is 1.35 bits per heavy atom. The van der Waals surface area contributed by atoms with Crippen LogP contribution in [0.15, 0.2) is 103 Å². The van der Waals surface area contributed by atoms with Crippen molar-refractivity contribution >= 4 is 14.5 Å². The standard InChI is InChI=1S/C21H25.C11H8.C5H5.2ClH.Zr/c1-20(2,3)16-7-9-18-14(12-16)11-15-13-17(21(4,5)6)8-10-19(15)18;1-9-6-7-10-4-2-3-5-11(10)8-9;1-2-4-5-3-1;;;/h7-10,12H,11H2,1-6H3;1-8H;1-5H;2*1H;/q-1;;-1;;;+2/p-2. The third-order valence-corrected chi connectivity index (χ3v) is 7.78. The average molecular weight is 645 g/mol. The quantitative estimate of drug-likeness (QED) is 0.240. The second-order valence-corrected chi connectivity index (χ2v) is 12.7. The van der Waals surface area contributed by atoms with Gasteiger partial charge in [0.15, 0.2) is 0 Å². The van der Waals surface area contributed by atoms with Crippen LogP contribution < -0.4 is 24.8 Å². The first-order valence-corrected chi connectivity index (χ1v) is 14.8. The number of hydrogen-bond acceptors (Lipinski definition) is 0. The molecule has 0 bridgehead atoms. The smallest absolute Gasteiger partial charge is 0.172 e. The van der Waals surface area contributed by atoms with Crippen LogP contribution >= 0.6 is 0 Å². The summed E-state index contributed by atoms with van der Waals surface area (Å²) in [7, 11) is 0. The van der Waals surface area contributed by atoms with Gasteiger partial charge in [-0.3, -0.25) is 0 Å². The Kier molecular flexibility index (Phi) is 12.4. The van der Waals surface area contributed by atoms with Crippen LogP contribution in [0.4, 0.5) is 0 Å². The Hall–Kier alpha value is -2.18. The second kappa shape index (κ2) is 14.6. The first-order valence-electron chi connectivity index (χ1n) is 13.4. The van der Waals surface area contributed by atoms with Gasteiger partial charge in [-0.1, -0.05) is 65.3 Å². The van der Waals surface area contributed by atoms with Gasteiger partial charge >= 0.3 is 86.7 Å². The van der Waals surface area contributed by atoms with E-state index >= 15 is 0 Å². The maximum atomic E-state index is 3.67. The molecule has 0 aliphatic heterocycles. The maximum absolute atomic E-state index is 3.67. The molecule has 1 aliphatic rings. The van der Waals surface area contributed by atoms with E-state index in [1.807, 2.05) is 30.3 Å². The molecule has 0 amide bonds. The predicted molar refractivity (Wildman–Crippen MR) is 162 cm³/mol. The summed E-state index contributed by atoms with van der Waals surface area (Å²) in [6.07, 6.45) is 1.03. The molecule has 0 fully saturated rings. The van der Waals surface area contributed by atoms with Crippen molar-refractivity contribution in [1.29, 1.82) is 0 Å². The molecule has 0 atom stereocenters. The van der Waals surface area contributed by atoms with Crippen molar-refractivity contribution in [1.82, 2.24) is 0 Å². The summed E-state index contributed by atoms with van der Waals surface area (Å²) < 4.78 is 2.21. The Balaban J connectivity index is 0.000000248. The molecule has 5 aromatic carbocycles. The number of fused-ring (bicyclic) bond motifs is 4. The fourth-order valence-corrected chi connectivity index (χ4v) is 5.09. The largest absolute Gasteiger partial charge is 0.214 e. The van der Waals surface area contributed by atoms with Crippen LogP contribution in [-0.4, -0.2) is 3.71 Å². The molecule has 0 saturated carbocycles. The molecule has 0 saturated heterocycles. The Morgan fingerprint density at radius 1 is 0.700 bits per heavy atom. The zero-order valence-corrected chi connectivity index (χ0v) is 28.3. The molecule has 40 heavy (non-hydrogen) atoms. The number of rotatable bonds is 1. The van der Waals surface area contributed by atoms with Gasteiger partial charge in [0.05, 0.1) is 0 Å². The molecular formula is C37H38Cl2Zr-2. The second-order valence-electron chi connectivity index (χ2n) is 12.0. The SMILES string of the molecule is CC(C)(C)c1[c-]c2c(cc1)-c1ccc(C(C)(C)C)cc1C2.[Cl-].[Cl-].[Zr+2]=[CH]c1ccc2ccccc2c1.c1cc[cH-]c1. The summed E-state index contributed by atoms with van der Waals surface area (Å²) >= 11 is 1.46. The van der Waals surface area contributed by atoms with Crippen molar-refractivity contribution in [2.24, 2.45) is 0 Å². The fourth-order valence-electron chi connectivity index (χ4n) is 4.65. The van der Waals surface area contributed by atoms with Gasteiger partial charge in [-0.2, -0.15) is 42.0 Å². The minimum Gasteiger partial charge on any atom is -0.214 e. The summed E-state index contributed by atoms with van der Waals surface area (Å²) in [6.45, 7) is 13.6. The van der Waals surface area contributed by atoms with E-state index in [2.05, 4.69) is 124 Å². The maximum Gasteiger partial charge on any atom is -0.172 e. The van der Waals surface area contributed by atoms with E-state index in [0.717, 1.165) is 6.42 Å². The fraction of sp³-hybridized carbons (Fsp3) is 0.243. The van der Waals surface area contributed by atoms with Crippen LogP contribution in [0.3, 0.4) is 0 Å². The topological polar surface area (TPSA) is 0 Å². The van der Waals surface area contributed by atoms with Crippen molar-refractivity contribution in [3.8, 4) is 11.1 Å². The summed E-state index contributed by atoms with van der Waals surface area (Å²) in [6, 6.07) is 40.2. The van der Waals surface area contributed by atoms with E-state index in [1.165, 1.54) is 74.0 Å². The molecular weight excluding hydrogens is 607 g/mol. The van der Waals surface area contributed by atoms with E-state index in [9.17, 15) is 0 Å². The third kappa shape index (κ3) is 8.66. The van der Waals surface area contributed by atoms with E-state index < -0.39 is 0 Å². The normalized spacial score (nSPS) is 11.4. The predicted octanol–water partition coefficient (Wildman–Crippen LogP) is 3.60. The Morgan fingerprint density at radius 3 is 1.93 bits per heavy atom. The first kappa shape index (κ1) is 34.0. The van der Waals surface area contributed by atoms with Crippen LogP contribution in [0.25, 0.3) is 21.9 Å².